The van der Waals surface area contributed by atoms with Gasteiger partial charge < -0.3 is 11.1 Å². The van der Waals surface area contributed by atoms with E-state index in [0.717, 1.165) is 44.6 Å². The second kappa shape index (κ2) is 9.43. The smallest absolute Gasteiger partial charge is 0.296 e. The Balaban J connectivity index is 1.59. The molecule has 1 saturated heterocycles. The molecule has 0 unspecified atom stereocenters. The topological polar surface area (TPSA) is 104 Å². The average molecular weight is 423 g/mol. The van der Waals surface area contributed by atoms with Gasteiger partial charge >= 0.3 is 0 Å². The molecule has 8 heteroatoms. The number of fused-ring (bicyclic) bond motifs is 1. The minimum Gasteiger partial charge on any atom is -0.383 e. The molecule has 0 atom stereocenters. The maximum Gasteiger partial charge on any atom is 0.296 e. The number of nitrogens with zero attached hydrogens (tertiary/aromatic N) is 4. The number of hydrogen-bond acceptors (Lipinski definition) is 7. The van der Waals surface area contributed by atoms with Crippen LogP contribution in [0.15, 0.2) is 24.3 Å². The first-order valence-electron chi connectivity index (χ1n) is 11.1. The number of carbonyl (C=O) groups is 2. The van der Waals surface area contributed by atoms with Gasteiger partial charge in [0, 0.05) is 25.1 Å². The molecule has 0 saturated carbocycles. The van der Waals surface area contributed by atoms with Crippen molar-refractivity contribution in [2.75, 3.05) is 35.6 Å². The number of Topliss-reactive ketones (excluding diaryl/α,β-unsaturated/α-hetero) is 1. The highest BCUT2D eigenvalue weighted by atomic mass is 16.2. The van der Waals surface area contributed by atoms with E-state index in [9.17, 15) is 9.59 Å². The van der Waals surface area contributed by atoms with Crippen molar-refractivity contribution >= 4 is 29.3 Å². The number of likely N-dealkylation sites (tertiary alicyclic amines) is 1. The van der Waals surface area contributed by atoms with E-state index in [4.69, 9.17) is 5.73 Å². The molecule has 2 aromatic rings. The van der Waals surface area contributed by atoms with Gasteiger partial charge in [-0.05, 0) is 43.5 Å². The van der Waals surface area contributed by atoms with Crippen LogP contribution in [0.4, 0.5) is 17.6 Å². The second-order valence-corrected chi connectivity index (χ2v) is 8.31. The van der Waals surface area contributed by atoms with Crippen molar-refractivity contribution < 1.29 is 9.59 Å². The summed E-state index contributed by atoms with van der Waals surface area (Å²) in [6.07, 6.45) is 4.46. The Labute approximate surface area is 182 Å². The van der Waals surface area contributed by atoms with Gasteiger partial charge in [0.05, 0.1) is 6.54 Å². The monoisotopic (exact) mass is 422 g/mol. The SMILES string of the molecule is CCCCNc1nc(N)c2c(n1)N(Cc1cccc(CN3CCCC3)c1)C(=O)C(=O)C2. The van der Waals surface area contributed by atoms with Crippen molar-refractivity contribution in [3.8, 4) is 0 Å². The van der Waals surface area contributed by atoms with E-state index < -0.39 is 11.7 Å². The number of carbonyl (C=O) groups excluding carboxylic acids is 2. The van der Waals surface area contributed by atoms with Crippen molar-refractivity contribution in [1.82, 2.24) is 14.9 Å². The number of nitrogens with one attached hydrogen (secondary N) is 1. The summed E-state index contributed by atoms with van der Waals surface area (Å²) in [5.41, 5.74) is 8.83. The highest BCUT2D eigenvalue weighted by molar-refractivity contribution is 6.43. The van der Waals surface area contributed by atoms with Crippen LogP contribution < -0.4 is 16.0 Å². The fraction of sp³-hybridized carbons (Fsp3) is 0.478. The van der Waals surface area contributed by atoms with Crippen molar-refractivity contribution in [3.63, 3.8) is 0 Å². The summed E-state index contributed by atoms with van der Waals surface area (Å²) in [7, 11) is 0. The Kier molecular flexibility index (Phi) is 6.46. The number of amides is 1. The van der Waals surface area contributed by atoms with E-state index in [1.54, 1.807) is 0 Å². The number of nitrogens with two attached hydrogens (primary N) is 1. The summed E-state index contributed by atoms with van der Waals surface area (Å²) in [5.74, 6) is 0.0380. The lowest BCUT2D eigenvalue weighted by Crippen LogP contribution is -2.42. The number of ketones is 1. The van der Waals surface area contributed by atoms with Gasteiger partial charge in [-0.2, -0.15) is 9.97 Å². The number of nitrogen functional groups attached to an aromatic ring is 1. The Morgan fingerprint density at radius 3 is 2.58 bits per heavy atom. The lowest BCUT2D eigenvalue weighted by Gasteiger charge is -2.28. The first-order chi connectivity index (χ1) is 15.0. The quantitative estimate of drug-likeness (QED) is 0.497. The molecular formula is C23H30N6O2. The maximum absolute atomic E-state index is 12.8. The predicted octanol–water partition coefficient (Wildman–Crippen LogP) is 2.53. The molecular weight excluding hydrogens is 392 g/mol. The molecule has 1 fully saturated rings. The highest BCUT2D eigenvalue weighted by Crippen LogP contribution is 2.30. The third kappa shape index (κ3) is 4.85. The molecule has 0 radical (unpaired) electrons. The molecule has 1 aromatic carbocycles. The molecule has 3 heterocycles. The van der Waals surface area contributed by atoms with E-state index in [0.29, 0.717) is 17.3 Å². The largest absolute Gasteiger partial charge is 0.383 e. The molecule has 164 valence electrons. The van der Waals surface area contributed by atoms with Gasteiger partial charge in [0.25, 0.3) is 5.91 Å². The minimum atomic E-state index is -0.546. The standard InChI is InChI=1S/C23H30N6O2/c1-2-3-9-25-23-26-20(24)18-13-19(30)22(31)29(21(18)27-23)15-17-8-6-7-16(12-17)14-28-10-4-5-11-28/h6-8,12H,2-5,9-11,13-15H2,1H3,(H3,24,25,26,27). The molecule has 31 heavy (non-hydrogen) atoms. The Bertz CT molecular complexity index is 971. The molecule has 1 aromatic heterocycles. The van der Waals surface area contributed by atoms with E-state index in [-0.39, 0.29) is 18.8 Å². The number of benzene rings is 1. The predicted molar refractivity (Wildman–Crippen MR) is 121 cm³/mol. The van der Waals surface area contributed by atoms with E-state index in [1.165, 1.54) is 23.3 Å². The average Bonchev–Trinajstić information content (AvgIpc) is 3.26. The molecule has 3 N–H and O–H groups in total. The van der Waals surface area contributed by atoms with E-state index in [2.05, 4.69) is 39.2 Å². The first kappa shape index (κ1) is 21.2. The zero-order valence-electron chi connectivity index (χ0n) is 18.1. The third-order valence-corrected chi connectivity index (χ3v) is 5.84. The van der Waals surface area contributed by atoms with Crippen LogP contribution in [-0.2, 0) is 29.1 Å². The summed E-state index contributed by atoms with van der Waals surface area (Å²) in [4.78, 5) is 37.9. The third-order valence-electron chi connectivity index (χ3n) is 5.84. The van der Waals surface area contributed by atoms with Crippen molar-refractivity contribution in [2.24, 2.45) is 0 Å². The van der Waals surface area contributed by atoms with Gasteiger partial charge in [-0.15, -0.1) is 0 Å². The second-order valence-electron chi connectivity index (χ2n) is 8.31. The van der Waals surface area contributed by atoms with Gasteiger partial charge in [0.2, 0.25) is 11.7 Å². The molecule has 2 aliphatic rings. The van der Waals surface area contributed by atoms with E-state index in [1.807, 2.05) is 12.1 Å². The molecule has 1 amide bonds. The summed E-state index contributed by atoms with van der Waals surface area (Å²) in [6, 6.07) is 8.19. The fourth-order valence-electron chi connectivity index (χ4n) is 4.18. The van der Waals surface area contributed by atoms with Crippen molar-refractivity contribution in [3.05, 3.63) is 41.0 Å². The summed E-state index contributed by atoms with van der Waals surface area (Å²) in [6.45, 7) is 6.25. The van der Waals surface area contributed by atoms with Crippen LogP contribution in [0.1, 0.15) is 49.3 Å². The number of rotatable bonds is 8. The van der Waals surface area contributed by atoms with E-state index >= 15 is 0 Å². The molecule has 0 bridgehead atoms. The molecule has 8 nitrogen and oxygen atoms in total. The van der Waals surface area contributed by atoms with Crippen LogP contribution in [0.5, 0.6) is 0 Å². The van der Waals surface area contributed by atoms with Crippen LogP contribution in [-0.4, -0.2) is 46.2 Å². The van der Waals surface area contributed by atoms with Gasteiger partial charge in [-0.1, -0.05) is 37.6 Å². The number of aromatic nitrogens is 2. The molecule has 4 rings (SSSR count). The zero-order chi connectivity index (χ0) is 21.8. The Morgan fingerprint density at radius 2 is 1.84 bits per heavy atom. The number of anilines is 3. The number of unbranched alkanes of at least 4 members (excludes halogenated alkanes) is 1. The van der Waals surface area contributed by atoms with Crippen LogP contribution >= 0.6 is 0 Å². The van der Waals surface area contributed by atoms with Gasteiger partial charge in [-0.25, -0.2) is 0 Å². The highest BCUT2D eigenvalue weighted by Gasteiger charge is 2.34. The minimum absolute atomic E-state index is 0.0548. The zero-order valence-corrected chi connectivity index (χ0v) is 18.1. The van der Waals surface area contributed by atoms with Crippen LogP contribution in [0, 0.1) is 0 Å². The van der Waals surface area contributed by atoms with Crippen LogP contribution in [0.2, 0.25) is 0 Å². The molecule has 2 aliphatic heterocycles. The number of hydrogen-bond donors (Lipinski definition) is 2. The van der Waals surface area contributed by atoms with Crippen molar-refractivity contribution in [2.45, 2.75) is 52.1 Å². The summed E-state index contributed by atoms with van der Waals surface area (Å²) < 4.78 is 0. The Hall–Kier alpha value is -3.00. The lowest BCUT2D eigenvalue weighted by molar-refractivity contribution is -0.136. The van der Waals surface area contributed by atoms with Crippen molar-refractivity contribution in [1.29, 1.82) is 0 Å². The molecule has 0 spiro atoms. The summed E-state index contributed by atoms with van der Waals surface area (Å²) >= 11 is 0. The summed E-state index contributed by atoms with van der Waals surface area (Å²) in [5, 5.41) is 3.17. The van der Waals surface area contributed by atoms with Crippen LogP contribution in [0.25, 0.3) is 0 Å². The maximum atomic E-state index is 12.8. The fourth-order valence-corrected chi connectivity index (χ4v) is 4.18. The Morgan fingerprint density at radius 1 is 1.10 bits per heavy atom. The van der Waals surface area contributed by atoms with Crippen LogP contribution in [0.3, 0.4) is 0 Å². The molecule has 0 aliphatic carbocycles. The van der Waals surface area contributed by atoms with Gasteiger partial charge in [0.1, 0.15) is 11.6 Å². The van der Waals surface area contributed by atoms with Gasteiger partial charge in [0.15, 0.2) is 0 Å². The normalized spacial score (nSPS) is 16.6. The lowest BCUT2D eigenvalue weighted by atomic mass is 10.0. The van der Waals surface area contributed by atoms with Gasteiger partial charge in [-0.3, -0.25) is 19.4 Å². The first-order valence-corrected chi connectivity index (χ1v) is 11.1.